The quantitative estimate of drug-likeness (QED) is 0.785. The second kappa shape index (κ2) is 3.37. The van der Waals surface area contributed by atoms with E-state index in [9.17, 15) is 8.42 Å². The van der Waals surface area contributed by atoms with Gasteiger partial charge in [0.15, 0.2) is 0 Å². The minimum absolute atomic E-state index is 0.335. The van der Waals surface area contributed by atoms with Crippen molar-refractivity contribution in [3.63, 3.8) is 0 Å². The van der Waals surface area contributed by atoms with Crippen LogP contribution in [0, 0.1) is 0 Å². The van der Waals surface area contributed by atoms with Crippen molar-refractivity contribution in [3.8, 4) is 0 Å². The molecule has 15 heavy (non-hydrogen) atoms. The van der Waals surface area contributed by atoms with Gasteiger partial charge in [-0.05, 0) is 12.8 Å². The third kappa shape index (κ3) is 1.88. The van der Waals surface area contributed by atoms with Crippen LogP contribution in [0.3, 0.4) is 0 Å². The van der Waals surface area contributed by atoms with Crippen molar-refractivity contribution in [2.24, 2.45) is 7.05 Å². The normalized spacial score (nSPS) is 19.1. The van der Waals surface area contributed by atoms with E-state index >= 15 is 0 Å². The van der Waals surface area contributed by atoms with E-state index in [1.54, 1.807) is 11.6 Å². The molecule has 0 amide bonds. The van der Waals surface area contributed by atoms with E-state index in [0.29, 0.717) is 30.2 Å². The molecule has 7 heteroatoms. The molecule has 1 heterocycles. The highest BCUT2D eigenvalue weighted by Crippen LogP contribution is 2.47. The van der Waals surface area contributed by atoms with E-state index in [1.165, 1.54) is 6.20 Å². The molecule has 1 fully saturated rings. The summed E-state index contributed by atoms with van der Waals surface area (Å²) < 4.78 is 23.5. The van der Waals surface area contributed by atoms with E-state index in [1.807, 2.05) is 0 Å². The van der Waals surface area contributed by atoms with Gasteiger partial charge in [0.2, 0.25) is 9.05 Å². The summed E-state index contributed by atoms with van der Waals surface area (Å²) in [6.07, 6.45) is 3.04. The average molecular weight is 269 g/mol. The molecule has 1 saturated carbocycles. The van der Waals surface area contributed by atoms with E-state index in [-0.39, 0.29) is 0 Å². The molecule has 4 nitrogen and oxygen atoms in total. The van der Waals surface area contributed by atoms with E-state index in [0.717, 1.165) is 0 Å². The molecule has 0 spiro atoms. The molecular formula is C8H10Cl2N2O2S. The molecule has 2 rings (SSSR count). The van der Waals surface area contributed by atoms with Gasteiger partial charge in [-0.1, -0.05) is 11.6 Å². The van der Waals surface area contributed by atoms with E-state index < -0.39 is 13.8 Å². The predicted octanol–water partition coefficient (Wildman–Crippen LogP) is 1.72. The van der Waals surface area contributed by atoms with Crippen molar-refractivity contribution in [2.45, 2.75) is 24.0 Å². The van der Waals surface area contributed by atoms with Crippen LogP contribution in [0.5, 0.6) is 0 Å². The summed E-state index contributed by atoms with van der Waals surface area (Å²) in [7, 11) is 3.63. The van der Waals surface area contributed by atoms with Crippen LogP contribution < -0.4 is 0 Å². The summed E-state index contributed by atoms with van der Waals surface area (Å²) in [4.78, 5) is 4.06. The van der Waals surface area contributed by atoms with E-state index in [2.05, 4.69) is 4.98 Å². The third-order valence-corrected chi connectivity index (χ3v) is 5.75. The van der Waals surface area contributed by atoms with Crippen LogP contribution in [0.15, 0.2) is 6.20 Å². The summed E-state index contributed by atoms with van der Waals surface area (Å²) in [6, 6.07) is 0. The highest BCUT2D eigenvalue weighted by molar-refractivity contribution is 8.15. The molecule has 0 bridgehead atoms. The summed E-state index contributed by atoms with van der Waals surface area (Å²) in [5.41, 5.74) is 0. The topological polar surface area (TPSA) is 52.0 Å². The lowest BCUT2D eigenvalue weighted by molar-refractivity contribution is 0.585. The number of hydrogen-bond donors (Lipinski definition) is 0. The lowest BCUT2D eigenvalue weighted by Crippen LogP contribution is -2.22. The number of aromatic nitrogens is 2. The maximum Gasteiger partial charge on any atom is 0.238 e. The Labute approximate surface area is 97.6 Å². The summed E-state index contributed by atoms with van der Waals surface area (Å²) in [5, 5.41) is 0.493. The smallest absolute Gasteiger partial charge is 0.238 e. The Hall–Kier alpha value is -0.260. The van der Waals surface area contributed by atoms with Gasteiger partial charge in [0.05, 0.1) is 10.9 Å². The fourth-order valence-electron chi connectivity index (χ4n) is 1.52. The molecule has 1 aromatic rings. The van der Waals surface area contributed by atoms with Crippen LogP contribution in [0.25, 0.3) is 0 Å². The average Bonchev–Trinajstić information content (AvgIpc) is 2.84. The molecule has 0 N–H and O–H groups in total. The molecule has 84 valence electrons. The van der Waals surface area contributed by atoms with Gasteiger partial charge in [0.25, 0.3) is 0 Å². The lowest BCUT2D eigenvalue weighted by atomic mass is 10.3. The molecule has 0 aliphatic heterocycles. The van der Waals surface area contributed by atoms with Crippen molar-refractivity contribution < 1.29 is 8.42 Å². The highest BCUT2D eigenvalue weighted by Gasteiger charge is 2.54. The Morgan fingerprint density at radius 2 is 2.20 bits per heavy atom. The van der Waals surface area contributed by atoms with Crippen LogP contribution in [-0.4, -0.2) is 22.7 Å². The largest absolute Gasteiger partial charge is 0.322 e. The maximum atomic E-state index is 11.3. The van der Waals surface area contributed by atoms with Gasteiger partial charge in [-0.15, -0.1) is 0 Å². The standard InChI is InChI=1S/C8H10Cl2N2O2S/c1-12-6(9)5-11-7(12)4-8(2-3-8)15(10,13)14/h5H,2-4H2,1H3. The zero-order valence-corrected chi connectivity index (χ0v) is 10.4. The number of hydrogen-bond acceptors (Lipinski definition) is 3. The SMILES string of the molecule is Cn1c(Cl)cnc1CC1(S(=O)(=O)Cl)CC1. The molecule has 0 radical (unpaired) electrons. The fraction of sp³-hybridized carbons (Fsp3) is 0.625. The first-order valence-corrected chi connectivity index (χ1v) is 7.15. The monoisotopic (exact) mass is 268 g/mol. The number of nitrogens with zero attached hydrogens (tertiary/aromatic N) is 2. The molecule has 0 unspecified atom stereocenters. The Morgan fingerprint density at radius 1 is 1.60 bits per heavy atom. The van der Waals surface area contributed by atoms with Crippen molar-refractivity contribution in [3.05, 3.63) is 17.2 Å². The molecular weight excluding hydrogens is 259 g/mol. The minimum Gasteiger partial charge on any atom is -0.322 e. The minimum atomic E-state index is -3.52. The van der Waals surface area contributed by atoms with Gasteiger partial charge in [-0.3, -0.25) is 0 Å². The van der Waals surface area contributed by atoms with Crippen molar-refractivity contribution >= 4 is 31.3 Å². The van der Waals surface area contributed by atoms with Crippen LogP contribution in [0.1, 0.15) is 18.7 Å². The van der Waals surface area contributed by atoms with Gasteiger partial charge in [0.1, 0.15) is 11.0 Å². The molecule has 1 aromatic heterocycles. The molecule has 1 aliphatic carbocycles. The Kier molecular flexibility index (Phi) is 2.52. The second-order valence-corrected chi connectivity index (χ2v) is 7.20. The Balaban J connectivity index is 2.27. The summed E-state index contributed by atoms with van der Waals surface area (Å²) >= 11 is 5.81. The zero-order chi connectivity index (χ0) is 11.3. The van der Waals surface area contributed by atoms with Gasteiger partial charge in [0, 0.05) is 24.2 Å². The predicted molar refractivity (Wildman–Crippen MR) is 58.7 cm³/mol. The lowest BCUT2D eigenvalue weighted by Gasteiger charge is -2.10. The Morgan fingerprint density at radius 3 is 2.53 bits per heavy atom. The number of imidazole rings is 1. The van der Waals surface area contributed by atoms with Gasteiger partial charge < -0.3 is 4.57 Å². The zero-order valence-electron chi connectivity index (χ0n) is 8.07. The number of halogens is 2. The third-order valence-electron chi connectivity index (χ3n) is 2.83. The van der Waals surface area contributed by atoms with Crippen molar-refractivity contribution in [1.82, 2.24) is 9.55 Å². The molecule has 0 aromatic carbocycles. The fourth-order valence-corrected chi connectivity index (χ4v) is 3.19. The van der Waals surface area contributed by atoms with E-state index in [4.69, 9.17) is 22.3 Å². The number of rotatable bonds is 3. The molecule has 0 saturated heterocycles. The second-order valence-electron chi connectivity index (χ2n) is 3.85. The van der Waals surface area contributed by atoms with Crippen LogP contribution in [0.4, 0.5) is 0 Å². The van der Waals surface area contributed by atoms with Crippen LogP contribution in [-0.2, 0) is 22.5 Å². The summed E-state index contributed by atoms with van der Waals surface area (Å²) in [5.74, 6) is 0.654. The first-order chi connectivity index (χ1) is 6.86. The molecule has 1 aliphatic rings. The first-order valence-electron chi connectivity index (χ1n) is 4.46. The van der Waals surface area contributed by atoms with Crippen molar-refractivity contribution in [1.29, 1.82) is 0 Å². The van der Waals surface area contributed by atoms with Gasteiger partial charge in [-0.2, -0.15) is 0 Å². The van der Waals surface area contributed by atoms with Crippen LogP contribution in [0.2, 0.25) is 5.15 Å². The highest BCUT2D eigenvalue weighted by atomic mass is 35.7. The van der Waals surface area contributed by atoms with Gasteiger partial charge >= 0.3 is 0 Å². The van der Waals surface area contributed by atoms with Gasteiger partial charge in [-0.25, -0.2) is 13.4 Å². The van der Waals surface area contributed by atoms with Crippen molar-refractivity contribution in [2.75, 3.05) is 0 Å². The maximum absolute atomic E-state index is 11.3. The first kappa shape index (κ1) is 11.2. The Bertz CT molecular complexity index is 491. The van der Waals surface area contributed by atoms with Crippen LogP contribution >= 0.6 is 22.3 Å². The molecule has 0 atom stereocenters. The summed E-state index contributed by atoms with van der Waals surface area (Å²) in [6.45, 7) is 0.